The minimum Gasteiger partial charge on any atom is -0.484 e. The minimum absolute atomic E-state index is 0.388. The van der Waals surface area contributed by atoms with E-state index in [0.29, 0.717) is 17.9 Å². The average molecular weight is 141 g/mol. The minimum atomic E-state index is 0.388. The van der Waals surface area contributed by atoms with E-state index in [9.17, 15) is 4.79 Å². The van der Waals surface area contributed by atoms with Gasteiger partial charge in [-0.2, -0.15) is 0 Å². The molecule has 0 aliphatic heterocycles. The summed E-state index contributed by atoms with van der Waals surface area (Å²) in [6, 6.07) is 0. The Morgan fingerprint density at radius 1 is 1.60 bits per heavy atom. The van der Waals surface area contributed by atoms with Crippen molar-refractivity contribution in [2.45, 2.75) is 13.8 Å². The van der Waals surface area contributed by atoms with Gasteiger partial charge in [-0.15, -0.1) is 0 Å². The number of aliphatic imine (C=N–C) groups is 1. The quantitative estimate of drug-likeness (QED) is 0.250. The van der Waals surface area contributed by atoms with Crippen molar-refractivity contribution in [1.82, 2.24) is 0 Å². The number of hydrogen-bond acceptors (Lipinski definition) is 3. The molecule has 0 fully saturated rings. The Bertz CT molecular complexity index is 170. The highest BCUT2D eigenvalue weighted by Gasteiger charge is 1.89. The van der Waals surface area contributed by atoms with Crippen LogP contribution in [0.1, 0.15) is 13.8 Å². The van der Waals surface area contributed by atoms with Crippen molar-refractivity contribution < 1.29 is 9.53 Å². The molecule has 10 heavy (non-hydrogen) atoms. The van der Waals surface area contributed by atoms with E-state index in [1.807, 2.05) is 0 Å². The summed E-state index contributed by atoms with van der Waals surface area (Å²) in [6.45, 7) is 3.43. The van der Waals surface area contributed by atoms with Gasteiger partial charge in [0.25, 0.3) is 0 Å². The zero-order valence-electron chi connectivity index (χ0n) is 6.42. The molecule has 0 amide bonds. The number of carbonyl (C=O) groups excluding carboxylic acids is 1. The monoisotopic (exact) mass is 141 g/mol. The molecule has 0 rings (SSSR count). The van der Waals surface area contributed by atoms with Gasteiger partial charge in [0.2, 0.25) is 0 Å². The molecule has 0 radical (unpaired) electrons. The molecule has 0 atom stereocenters. The number of ether oxygens (including phenoxy) is 1. The molecule has 0 aromatic heterocycles. The highest BCUT2D eigenvalue weighted by atomic mass is 16.5. The lowest BCUT2D eigenvalue weighted by molar-refractivity contribution is -0.104. The van der Waals surface area contributed by atoms with Crippen LogP contribution in [0, 0.1) is 0 Å². The summed E-state index contributed by atoms with van der Waals surface area (Å²) in [5.41, 5.74) is 0.388. The maximum atomic E-state index is 10.2. The van der Waals surface area contributed by atoms with Crippen LogP contribution in [-0.4, -0.2) is 19.3 Å². The SMILES string of the molecule is C/C=C(/C=O)N=C(C)OC. The maximum absolute atomic E-state index is 10.2. The Labute approximate surface area is 60.4 Å². The smallest absolute Gasteiger partial charge is 0.184 e. The molecule has 3 nitrogen and oxygen atoms in total. The van der Waals surface area contributed by atoms with E-state index in [-0.39, 0.29) is 0 Å². The predicted octanol–water partition coefficient (Wildman–Crippen LogP) is 1.15. The second kappa shape index (κ2) is 4.73. The number of nitrogens with zero attached hydrogens (tertiary/aromatic N) is 1. The Morgan fingerprint density at radius 3 is 2.50 bits per heavy atom. The summed E-state index contributed by atoms with van der Waals surface area (Å²) < 4.78 is 4.73. The molecule has 0 spiro atoms. The van der Waals surface area contributed by atoms with Crippen molar-refractivity contribution in [2.75, 3.05) is 7.11 Å². The molecule has 0 aliphatic carbocycles. The number of methoxy groups -OCH3 is 1. The molecular weight excluding hydrogens is 130 g/mol. The van der Waals surface area contributed by atoms with Gasteiger partial charge in [0.1, 0.15) is 5.70 Å². The van der Waals surface area contributed by atoms with E-state index < -0.39 is 0 Å². The summed E-state index contributed by atoms with van der Waals surface area (Å²) in [5, 5.41) is 0. The lowest BCUT2D eigenvalue weighted by atomic mass is 10.4. The van der Waals surface area contributed by atoms with Crippen LogP contribution in [0.4, 0.5) is 0 Å². The van der Waals surface area contributed by atoms with Gasteiger partial charge in [-0.3, -0.25) is 4.79 Å². The first-order valence-electron chi connectivity index (χ1n) is 2.95. The van der Waals surface area contributed by atoms with Gasteiger partial charge in [0, 0.05) is 6.92 Å². The Morgan fingerprint density at radius 2 is 2.20 bits per heavy atom. The molecule has 3 heteroatoms. The van der Waals surface area contributed by atoms with Crippen molar-refractivity contribution in [1.29, 1.82) is 0 Å². The lowest BCUT2D eigenvalue weighted by Gasteiger charge is -1.95. The topological polar surface area (TPSA) is 38.7 Å². The van der Waals surface area contributed by atoms with Gasteiger partial charge in [0.15, 0.2) is 12.2 Å². The molecule has 0 saturated carbocycles. The van der Waals surface area contributed by atoms with Gasteiger partial charge in [-0.05, 0) is 6.92 Å². The van der Waals surface area contributed by atoms with Crippen molar-refractivity contribution >= 4 is 12.2 Å². The summed E-state index contributed by atoms with van der Waals surface area (Å²) >= 11 is 0. The van der Waals surface area contributed by atoms with E-state index in [4.69, 9.17) is 4.74 Å². The highest BCUT2D eigenvalue weighted by molar-refractivity contribution is 5.81. The molecule has 0 bridgehead atoms. The van der Waals surface area contributed by atoms with Crippen molar-refractivity contribution in [3.05, 3.63) is 11.8 Å². The fourth-order valence-electron chi connectivity index (χ4n) is 0.386. The van der Waals surface area contributed by atoms with Crippen LogP contribution in [0.3, 0.4) is 0 Å². The Hall–Kier alpha value is -1.12. The van der Waals surface area contributed by atoms with Crippen LogP contribution in [0.25, 0.3) is 0 Å². The lowest BCUT2D eigenvalue weighted by Crippen LogP contribution is -1.94. The summed E-state index contributed by atoms with van der Waals surface area (Å²) in [6.07, 6.45) is 2.30. The first-order valence-corrected chi connectivity index (χ1v) is 2.95. The van der Waals surface area contributed by atoms with E-state index in [0.717, 1.165) is 0 Å². The fourth-order valence-corrected chi connectivity index (χ4v) is 0.386. The van der Waals surface area contributed by atoms with E-state index >= 15 is 0 Å². The van der Waals surface area contributed by atoms with Crippen LogP contribution in [0.2, 0.25) is 0 Å². The molecule has 0 saturated heterocycles. The number of hydrogen-bond donors (Lipinski definition) is 0. The maximum Gasteiger partial charge on any atom is 0.184 e. The first kappa shape index (κ1) is 8.88. The third-order valence-corrected chi connectivity index (χ3v) is 0.998. The van der Waals surface area contributed by atoms with Crippen molar-refractivity contribution in [3.8, 4) is 0 Å². The zero-order chi connectivity index (χ0) is 7.98. The predicted molar refractivity (Wildman–Crippen MR) is 39.9 cm³/mol. The zero-order valence-corrected chi connectivity index (χ0v) is 6.42. The standard InChI is InChI=1S/C7H11NO2/c1-4-7(5-9)8-6(2)10-3/h4-5H,1-3H3/b7-4-,8-6?. The largest absolute Gasteiger partial charge is 0.484 e. The first-order chi connectivity index (χ1) is 4.74. The molecule has 0 aromatic carbocycles. The van der Waals surface area contributed by atoms with Crippen LogP contribution >= 0.6 is 0 Å². The van der Waals surface area contributed by atoms with Gasteiger partial charge in [0.05, 0.1) is 7.11 Å². The molecular formula is C7H11NO2. The van der Waals surface area contributed by atoms with Crippen molar-refractivity contribution in [3.63, 3.8) is 0 Å². The number of aldehydes is 1. The number of rotatable bonds is 2. The molecule has 56 valence electrons. The van der Waals surface area contributed by atoms with Crippen LogP contribution in [-0.2, 0) is 9.53 Å². The summed E-state index contributed by atoms with van der Waals surface area (Å²) in [7, 11) is 1.51. The number of carbonyl (C=O) groups is 1. The third kappa shape index (κ3) is 3.02. The molecule has 0 aromatic rings. The van der Waals surface area contributed by atoms with Gasteiger partial charge < -0.3 is 4.74 Å². The van der Waals surface area contributed by atoms with Gasteiger partial charge >= 0.3 is 0 Å². The molecule has 0 unspecified atom stereocenters. The van der Waals surface area contributed by atoms with Crippen LogP contribution < -0.4 is 0 Å². The van der Waals surface area contributed by atoms with Gasteiger partial charge in [-0.1, -0.05) is 6.08 Å². The normalized spacial score (nSPS) is 13.1. The van der Waals surface area contributed by atoms with E-state index in [2.05, 4.69) is 4.99 Å². The second-order valence-electron chi connectivity index (χ2n) is 1.67. The van der Waals surface area contributed by atoms with Crippen LogP contribution in [0.15, 0.2) is 16.8 Å². The number of allylic oxidation sites excluding steroid dienone is 2. The second-order valence-corrected chi connectivity index (χ2v) is 1.67. The Balaban J connectivity index is 4.22. The molecule has 0 aliphatic rings. The highest BCUT2D eigenvalue weighted by Crippen LogP contribution is 1.92. The van der Waals surface area contributed by atoms with E-state index in [1.165, 1.54) is 7.11 Å². The van der Waals surface area contributed by atoms with E-state index in [1.54, 1.807) is 19.9 Å². The van der Waals surface area contributed by atoms with Gasteiger partial charge in [-0.25, -0.2) is 4.99 Å². The third-order valence-electron chi connectivity index (χ3n) is 0.998. The Kier molecular flexibility index (Phi) is 4.20. The molecule has 0 heterocycles. The van der Waals surface area contributed by atoms with Crippen LogP contribution in [0.5, 0.6) is 0 Å². The summed E-state index contributed by atoms with van der Waals surface area (Å²) in [4.78, 5) is 14.0. The summed E-state index contributed by atoms with van der Waals surface area (Å²) in [5.74, 6) is 0.486. The molecule has 0 N–H and O–H groups in total. The fraction of sp³-hybridized carbons (Fsp3) is 0.429. The average Bonchev–Trinajstić information content (AvgIpc) is 1.99. The van der Waals surface area contributed by atoms with Crippen molar-refractivity contribution in [2.24, 2.45) is 4.99 Å².